The van der Waals surface area contributed by atoms with Crippen molar-refractivity contribution in [1.29, 1.82) is 0 Å². The molecule has 9 heteroatoms. The summed E-state index contributed by atoms with van der Waals surface area (Å²) in [6.07, 6.45) is -5.20. The van der Waals surface area contributed by atoms with Gasteiger partial charge >= 0.3 is 6.18 Å². The van der Waals surface area contributed by atoms with Crippen LogP contribution in [0.3, 0.4) is 0 Å². The van der Waals surface area contributed by atoms with Crippen molar-refractivity contribution >= 4 is 37.5 Å². The summed E-state index contributed by atoms with van der Waals surface area (Å²) >= 11 is 4.50. The van der Waals surface area contributed by atoms with Crippen LogP contribution in [-0.2, 0) is 11.8 Å². The molecule has 2 aromatic heterocycles. The molecule has 0 aliphatic rings. The number of alkyl halides is 3. The summed E-state index contributed by atoms with van der Waals surface area (Å²) in [4.78, 5) is 15.5. The van der Waals surface area contributed by atoms with Crippen molar-refractivity contribution in [3.63, 3.8) is 0 Å². The lowest BCUT2D eigenvalue weighted by Crippen LogP contribution is -2.51. The van der Waals surface area contributed by atoms with Crippen molar-refractivity contribution in [1.82, 2.24) is 4.98 Å². The number of thiophene rings is 1. The molecule has 2 heterocycles. The highest BCUT2D eigenvalue weighted by Gasteiger charge is 2.56. The lowest BCUT2D eigenvalue weighted by Gasteiger charge is -2.38. The largest absolute Gasteiger partial charge is 0.495 e. The third-order valence-electron chi connectivity index (χ3n) is 5.21. The maximum Gasteiger partial charge on any atom is 0.417 e. The predicted octanol–water partition coefficient (Wildman–Crippen LogP) is 5.56. The van der Waals surface area contributed by atoms with Gasteiger partial charge in [0.2, 0.25) is 5.43 Å². The van der Waals surface area contributed by atoms with Gasteiger partial charge in [0.1, 0.15) is 5.75 Å². The smallest absolute Gasteiger partial charge is 0.417 e. The molecular weight excluding hydrogens is 483 g/mol. The molecule has 0 radical (unpaired) electrons. The van der Waals surface area contributed by atoms with Gasteiger partial charge in [0.15, 0.2) is 5.60 Å². The summed E-state index contributed by atoms with van der Waals surface area (Å²) in [6, 6.07) is 6.78. The minimum atomic E-state index is -4.94. The number of methoxy groups -OCH3 is 1. The van der Waals surface area contributed by atoms with E-state index in [1.54, 1.807) is 43.5 Å². The van der Waals surface area contributed by atoms with Crippen molar-refractivity contribution in [2.24, 2.45) is 0 Å². The van der Waals surface area contributed by atoms with Crippen LogP contribution in [-0.4, -0.2) is 29.0 Å². The number of aliphatic hydroxyl groups is 1. The van der Waals surface area contributed by atoms with Gasteiger partial charge in [-0.2, -0.15) is 13.2 Å². The SMILES string of the molecule is COc1c(Br)cccc1C(C)(C)CC(O)(Cc1c[nH]c2ccsc2c1=O)C(F)(F)F. The molecule has 0 saturated heterocycles. The van der Waals surface area contributed by atoms with Crippen molar-refractivity contribution in [3.05, 3.63) is 61.7 Å². The third-order valence-corrected chi connectivity index (χ3v) is 6.75. The summed E-state index contributed by atoms with van der Waals surface area (Å²) in [6.45, 7) is 3.22. The van der Waals surface area contributed by atoms with E-state index in [0.29, 0.717) is 26.0 Å². The van der Waals surface area contributed by atoms with Crippen LogP contribution in [0.25, 0.3) is 10.2 Å². The van der Waals surface area contributed by atoms with Gasteiger partial charge < -0.3 is 14.8 Å². The minimum Gasteiger partial charge on any atom is -0.495 e. The molecule has 0 amide bonds. The van der Waals surface area contributed by atoms with E-state index in [4.69, 9.17) is 4.74 Å². The van der Waals surface area contributed by atoms with Crippen LogP contribution < -0.4 is 10.2 Å². The molecule has 0 fully saturated rings. The summed E-state index contributed by atoms with van der Waals surface area (Å²) in [5.74, 6) is 0.407. The second kappa shape index (κ2) is 8.01. The lowest BCUT2D eigenvalue weighted by molar-refractivity contribution is -0.266. The number of pyridine rings is 1. The average molecular weight is 504 g/mol. The Labute approximate surface area is 183 Å². The van der Waals surface area contributed by atoms with Crippen LogP contribution in [0.1, 0.15) is 31.4 Å². The number of halogens is 4. The Kier molecular flexibility index (Phi) is 6.10. The van der Waals surface area contributed by atoms with Crippen LogP contribution >= 0.6 is 27.3 Å². The Morgan fingerprint density at radius 3 is 2.57 bits per heavy atom. The molecule has 2 N–H and O–H groups in total. The summed E-state index contributed by atoms with van der Waals surface area (Å²) in [5.41, 5.74) is -3.75. The van der Waals surface area contributed by atoms with Crippen LogP contribution in [0.15, 0.2) is 45.1 Å². The molecule has 3 rings (SSSR count). The highest BCUT2D eigenvalue weighted by Crippen LogP contribution is 2.46. The summed E-state index contributed by atoms with van der Waals surface area (Å²) in [5, 5.41) is 12.5. The first-order valence-electron chi connectivity index (χ1n) is 9.09. The fraction of sp³-hybridized carbons (Fsp3) is 0.381. The molecular formula is C21H21BrF3NO3S. The number of rotatable bonds is 6. The molecule has 4 nitrogen and oxygen atoms in total. The van der Waals surface area contributed by atoms with E-state index >= 15 is 0 Å². The van der Waals surface area contributed by atoms with Gasteiger partial charge in [0.25, 0.3) is 0 Å². The maximum atomic E-state index is 14.1. The number of aromatic nitrogens is 1. The molecule has 1 atom stereocenters. The first kappa shape index (κ1) is 22.8. The van der Waals surface area contributed by atoms with E-state index in [9.17, 15) is 23.1 Å². The van der Waals surface area contributed by atoms with E-state index in [-0.39, 0.29) is 5.56 Å². The molecule has 1 unspecified atom stereocenters. The van der Waals surface area contributed by atoms with E-state index in [1.807, 2.05) is 0 Å². The number of para-hydroxylation sites is 1. The number of nitrogens with one attached hydrogen (secondary N) is 1. The third kappa shape index (κ3) is 4.15. The Morgan fingerprint density at radius 2 is 1.93 bits per heavy atom. The fourth-order valence-electron chi connectivity index (χ4n) is 3.76. The van der Waals surface area contributed by atoms with E-state index in [0.717, 1.165) is 11.3 Å². The molecule has 0 bridgehead atoms. The first-order chi connectivity index (χ1) is 13.9. The van der Waals surface area contributed by atoms with Crippen molar-refractivity contribution in [3.8, 4) is 5.75 Å². The van der Waals surface area contributed by atoms with Gasteiger partial charge in [-0.15, -0.1) is 11.3 Å². The molecule has 30 heavy (non-hydrogen) atoms. The van der Waals surface area contributed by atoms with E-state index in [1.165, 1.54) is 13.3 Å². The zero-order valence-corrected chi connectivity index (χ0v) is 19.0. The van der Waals surface area contributed by atoms with Crippen LogP contribution in [0.2, 0.25) is 0 Å². The highest BCUT2D eigenvalue weighted by molar-refractivity contribution is 9.10. The Bertz CT molecular complexity index is 1120. The van der Waals surface area contributed by atoms with E-state index < -0.39 is 35.5 Å². The van der Waals surface area contributed by atoms with Crippen molar-refractivity contribution in [2.45, 2.75) is 43.9 Å². The number of H-pyrrole nitrogens is 1. The number of benzene rings is 1. The van der Waals surface area contributed by atoms with Crippen LogP contribution in [0.4, 0.5) is 13.2 Å². The zero-order chi connectivity index (χ0) is 22.3. The molecule has 0 spiro atoms. The minimum absolute atomic E-state index is 0.109. The van der Waals surface area contributed by atoms with Gasteiger partial charge in [0, 0.05) is 23.7 Å². The zero-order valence-electron chi connectivity index (χ0n) is 16.6. The fourth-order valence-corrected chi connectivity index (χ4v) is 5.12. The monoisotopic (exact) mass is 503 g/mol. The Balaban J connectivity index is 2.04. The van der Waals surface area contributed by atoms with Crippen LogP contribution in [0.5, 0.6) is 5.75 Å². The molecule has 162 valence electrons. The van der Waals surface area contributed by atoms with Gasteiger partial charge in [-0.05, 0) is 45.3 Å². The Morgan fingerprint density at radius 1 is 1.23 bits per heavy atom. The molecule has 1 aromatic carbocycles. The van der Waals surface area contributed by atoms with Gasteiger partial charge in [-0.25, -0.2) is 0 Å². The second-order valence-electron chi connectivity index (χ2n) is 7.89. The molecule has 0 aliphatic heterocycles. The van der Waals surface area contributed by atoms with Crippen LogP contribution in [0, 0.1) is 0 Å². The summed E-state index contributed by atoms with van der Waals surface area (Å²) < 4.78 is 48.6. The predicted molar refractivity (Wildman–Crippen MR) is 115 cm³/mol. The lowest BCUT2D eigenvalue weighted by atomic mass is 9.73. The molecule has 0 aliphatic carbocycles. The quantitative estimate of drug-likeness (QED) is 0.462. The van der Waals surface area contributed by atoms with E-state index in [2.05, 4.69) is 20.9 Å². The Hall–Kier alpha value is -1.84. The standard InChI is InChI=1S/C21H21BrF3NO3S/c1-19(2,13-5-4-6-14(22)17(13)29-3)11-20(28,21(23,24)25)9-12-10-26-15-7-8-30-18(15)16(12)27/h4-8,10,28H,9,11H2,1-3H3,(H,26,27). The van der Waals surface area contributed by atoms with Gasteiger partial charge in [-0.3, -0.25) is 4.79 Å². The van der Waals surface area contributed by atoms with Gasteiger partial charge in [0.05, 0.1) is 21.8 Å². The van der Waals surface area contributed by atoms with Gasteiger partial charge in [-0.1, -0.05) is 26.0 Å². The second-order valence-corrected chi connectivity index (χ2v) is 9.66. The number of fused-ring (bicyclic) bond motifs is 1. The normalized spacial score (nSPS) is 14.7. The van der Waals surface area contributed by atoms with Crippen molar-refractivity contribution in [2.75, 3.05) is 7.11 Å². The van der Waals surface area contributed by atoms with Crippen molar-refractivity contribution < 1.29 is 23.0 Å². The number of aromatic amines is 1. The number of ether oxygens (including phenoxy) is 1. The first-order valence-corrected chi connectivity index (χ1v) is 10.8. The average Bonchev–Trinajstić information content (AvgIpc) is 3.12. The number of hydrogen-bond donors (Lipinski definition) is 2. The molecule has 0 saturated carbocycles. The number of hydrogen-bond acceptors (Lipinski definition) is 4. The highest BCUT2D eigenvalue weighted by atomic mass is 79.9. The topological polar surface area (TPSA) is 62.3 Å². The molecule has 3 aromatic rings. The summed E-state index contributed by atoms with van der Waals surface area (Å²) in [7, 11) is 1.44. The maximum absolute atomic E-state index is 14.1.